The van der Waals surface area contributed by atoms with E-state index in [-0.39, 0.29) is 24.7 Å². The first kappa shape index (κ1) is 7.95. The molecule has 1 unspecified atom stereocenters. The van der Waals surface area contributed by atoms with E-state index >= 15 is 0 Å². The van der Waals surface area contributed by atoms with Gasteiger partial charge < -0.3 is 11.5 Å². The van der Waals surface area contributed by atoms with Gasteiger partial charge in [0.2, 0.25) is 0 Å². The van der Waals surface area contributed by atoms with Gasteiger partial charge in [-0.15, -0.1) is 0 Å². The van der Waals surface area contributed by atoms with Crippen LogP contribution in [0.5, 0.6) is 0 Å². The topological polar surface area (TPSA) is 52.0 Å². The molecule has 0 heterocycles. The van der Waals surface area contributed by atoms with E-state index < -0.39 is 0 Å². The fraction of sp³-hybridized carbons (Fsp3) is 1.00. The molecular formula is C7H15FN2. The maximum Gasteiger partial charge on any atom is 0.0923 e. The number of alkyl halides is 1. The first-order chi connectivity index (χ1) is 4.74. The van der Waals surface area contributed by atoms with Crippen molar-refractivity contribution in [2.24, 2.45) is 17.4 Å². The SMILES string of the molecule is N[C@@H]1CC(CF)CC[C@@H]1N. The zero-order valence-corrected chi connectivity index (χ0v) is 6.09. The van der Waals surface area contributed by atoms with Crippen LogP contribution in [0.1, 0.15) is 19.3 Å². The molecule has 3 heteroatoms. The third-order valence-electron chi connectivity index (χ3n) is 2.28. The van der Waals surface area contributed by atoms with Crippen molar-refractivity contribution in [3.8, 4) is 0 Å². The highest BCUT2D eigenvalue weighted by Gasteiger charge is 2.24. The second kappa shape index (κ2) is 3.30. The maximum atomic E-state index is 12.1. The molecule has 0 saturated heterocycles. The van der Waals surface area contributed by atoms with E-state index in [1.807, 2.05) is 0 Å². The first-order valence-corrected chi connectivity index (χ1v) is 3.81. The van der Waals surface area contributed by atoms with Gasteiger partial charge in [-0.05, 0) is 25.2 Å². The largest absolute Gasteiger partial charge is 0.326 e. The average molecular weight is 146 g/mol. The van der Waals surface area contributed by atoms with Crippen LogP contribution >= 0.6 is 0 Å². The molecule has 2 nitrogen and oxygen atoms in total. The normalized spacial score (nSPS) is 41.7. The van der Waals surface area contributed by atoms with Gasteiger partial charge in [0.25, 0.3) is 0 Å². The Morgan fingerprint density at radius 1 is 1.20 bits per heavy atom. The van der Waals surface area contributed by atoms with Crippen LogP contribution in [0.4, 0.5) is 4.39 Å². The van der Waals surface area contributed by atoms with Crippen molar-refractivity contribution < 1.29 is 4.39 Å². The third-order valence-corrected chi connectivity index (χ3v) is 2.28. The van der Waals surface area contributed by atoms with Gasteiger partial charge in [-0.2, -0.15) is 0 Å². The highest BCUT2D eigenvalue weighted by atomic mass is 19.1. The van der Waals surface area contributed by atoms with Crippen molar-refractivity contribution in [3.63, 3.8) is 0 Å². The van der Waals surface area contributed by atoms with E-state index in [9.17, 15) is 4.39 Å². The molecule has 0 bridgehead atoms. The predicted octanol–water partition coefficient (Wildman–Crippen LogP) is 0.411. The second-order valence-electron chi connectivity index (χ2n) is 3.16. The average Bonchev–Trinajstić information content (AvgIpc) is 1.95. The summed E-state index contributed by atoms with van der Waals surface area (Å²) in [6.45, 7) is -0.236. The van der Waals surface area contributed by atoms with Crippen molar-refractivity contribution >= 4 is 0 Å². The molecule has 0 radical (unpaired) electrons. The minimum atomic E-state index is -0.236. The van der Waals surface area contributed by atoms with Crippen molar-refractivity contribution in [2.45, 2.75) is 31.3 Å². The van der Waals surface area contributed by atoms with E-state index in [4.69, 9.17) is 11.5 Å². The number of hydrogen-bond acceptors (Lipinski definition) is 2. The van der Waals surface area contributed by atoms with Crippen molar-refractivity contribution in [2.75, 3.05) is 6.67 Å². The van der Waals surface area contributed by atoms with Crippen LogP contribution in [0.25, 0.3) is 0 Å². The zero-order chi connectivity index (χ0) is 7.56. The fourth-order valence-corrected chi connectivity index (χ4v) is 1.46. The molecular weight excluding hydrogens is 131 g/mol. The molecule has 1 aliphatic carbocycles. The third kappa shape index (κ3) is 1.67. The predicted molar refractivity (Wildman–Crippen MR) is 39.3 cm³/mol. The van der Waals surface area contributed by atoms with E-state index in [0.717, 1.165) is 19.3 Å². The first-order valence-electron chi connectivity index (χ1n) is 3.81. The number of halogens is 1. The lowest BCUT2D eigenvalue weighted by molar-refractivity contribution is 0.240. The van der Waals surface area contributed by atoms with Gasteiger partial charge >= 0.3 is 0 Å². The summed E-state index contributed by atoms with van der Waals surface area (Å²) in [5.74, 6) is 0.176. The molecule has 10 heavy (non-hydrogen) atoms. The Balaban J connectivity index is 2.33. The lowest BCUT2D eigenvalue weighted by Gasteiger charge is -2.29. The quantitative estimate of drug-likeness (QED) is 0.563. The van der Waals surface area contributed by atoms with Gasteiger partial charge in [-0.3, -0.25) is 4.39 Å². The summed E-state index contributed by atoms with van der Waals surface area (Å²) in [5, 5.41) is 0. The Kier molecular flexibility index (Phi) is 2.63. The van der Waals surface area contributed by atoms with Gasteiger partial charge in [0, 0.05) is 12.1 Å². The molecule has 4 N–H and O–H groups in total. The summed E-state index contributed by atoms with van der Waals surface area (Å²) >= 11 is 0. The molecule has 0 spiro atoms. The second-order valence-corrected chi connectivity index (χ2v) is 3.16. The van der Waals surface area contributed by atoms with Crippen LogP contribution in [-0.2, 0) is 0 Å². The lowest BCUT2D eigenvalue weighted by atomic mass is 9.84. The Morgan fingerprint density at radius 3 is 2.40 bits per heavy atom. The van der Waals surface area contributed by atoms with E-state index in [1.54, 1.807) is 0 Å². The fourth-order valence-electron chi connectivity index (χ4n) is 1.46. The van der Waals surface area contributed by atoms with E-state index in [0.29, 0.717) is 0 Å². The zero-order valence-electron chi connectivity index (χ0n) is 6.09. The van der Waals surface area contributed by atoms with Crippen molar-refractivity contribution in [1.29, 1.82) is 0 Å². The van der Waals surface area contributed by atoms with Crippen LogP contribution in [0.2, 0.25) is 0 Å². The summed E-state index contributed by atoms with van der Waals surface area (Å²) in [6, 6.07) is 0.122. The summed E-state index contributed by atoms with van der Waals surface area (Å²) < 4.78 is 12.1. The number of nitrogens with two attached hydrogens (primary N) is 2. The Labute approximate surface area is 60.8 Å². The molecule has 1 aliphatic rings. The molecule has 1 saturated carbocycles. The summed E-state index contributed by atoms with van der Waals surface area (Å²) in [6.07, 6.45) is 2.55. The molecule has 60 valence electrons. The number of hydrogen-bond donors (Lipinski definition) is 2. The van der Waals surface area contributed by atoms with Crippen LogP contribution < -0.4 is 11.5 Å². The van der Waals surface area contributed by atoms with Crippen LogP contribution in [0.15, 0.2) is 0 Å². The molecule has 0 aromatic heterocycles. The van der Waals surface area contributed by atoms with Gasteiger partial charge in [0.15, 0.2) is 0 Å². The highest BCUT2D eigenvalue weighted by Crippen LogP contribution is 2.22. The maximum absolute atomic E-state index is 12.1. The van der Waals surface area contributed by atoms with Gasteiger partial charge in [0.05, 0.1) is 6.67 Å². The van der Waals surface area contributed by atoms with Crippen LogP contribution in [-0.4, -0.2) is 18.8 Å². The van der Waals surface area contributed by atoms with E-state index in [1.165, 1.54) is 0 Å². The minimum Gasteiger partial charge on any atom is -0.326 e. The summed E-state index contributed by atoms with van der Waals surface area (Å²) in [4.78, 5) is 0. The molecule has 3 atom stereocenters. The summed E-state index contributed by atoms with van der Waals surface area (Å²) in [7, 11) is 0. The molecule has 0 aromatic rings. The Morgan fingerprint density at radius 2 is 1.90 bits per heavy atom. The molecule has 0 amide bonds. The monoisotopic (exact) mass is 146 g/mol. The summed E-state index contributed by atoms with van der Waals surface area (Å²) in [5.41, 5.74) is 11.3. The smallest absolute Gasteiger partial charge is 0.0923 e. The van der Waals surface area contributed by atoms with Gasteiger partial charge in [-0.1, -0.05) is 0 Å². The molecule has 1 fully saturated rings. The standard InChI is InChI=1S/C7H15FN2/c8-4-5-1-2-6(9)7(10)3-5/h5-7H,1-4,9-10H2/t5?,6-,7+/m0/s1. The minimum absolute atomic E-state index is 0.0227. The highest BCUT2D eigenvalue weighted by molar-refractivity contribution is 4.84. The molecule has 0 aliphatic heterocycles. The molecule has 0 aromatic carbocycles. The Bertz CT molecular complexity index is 108. The van der Waals surface area contributed by atoms with Gasteiger partial charge in [-0.25, -0.2) is 0 Å². The van der Waals surface area contributed by atoms with Crippen molar-refractivity contribution in [3.05, 3.63) is 0 Å². The molecule has 1 rings (SSSR count). The van der Waals surface area contributed by atoms with Crippen LogP contribution in [0, 0.1) is 5.92 Å². The number of rotatable bonds is 1. The Hall–Kier alpha value is -0.150. The van der Waals surface area contributed by atoms with Crippen LogP contribution in [0.3, 0.4) is 0 Å². The van der Waals surface area contributed by atoms with Crippen molar-refractivity contribution in [1.82, 2.24) is 0 Å². The van der Waals surface area contributed by atoms with Gasteiger partial charge in [0.1, 0.15) is 0 Å². The van der Waals surface area contributed by atoms with E-state index in [2.05, 4.69) is 0 Å². The lowest BCUT2D eigenvalue weighted by Crippen LogP contribution is -2.46.